The van der Waals surface area contributed by atoms with Gasteiger partial charge in [-0.2, -0.15) is 0 Å². The van der Waals surface area contributed by atoms with Gasteiger partial charge in [-0.05, 0) is 75.2 Å². The molecule has 1 unspecified atom stereocenters. The minimum absolute atomic E-state index is 0.115. The van der Waals surface area contributed by atoms with Gasteiger partial charge in [0.1, 0.15) is 18.1 Å². The van der Waals surface area contributed by atoms with E-state index in [0.29, 0.717) is 6.61 Å². The summed E-state index contributed by atoms with van der Waals surface area (Å²) in [5.74, 6) is 1.47. The molecule has 150 valence electrons. The molecule has 1 heterocycles. The van der Waals surface area contributed by atoms with E-state index >= 15 is 0 Å². The molecule has 2 aromatic carbocycles. The standard InChI is InChI=1S/C22H28N2O4/c1-16(2)28-20-11-7-18(8-12-20)24-22(25)14-23-17-5-9-19(10-6-17)27-15-21-4-3-13-26-21/h5-12,16,21,23H,3-4,13-15H2,1-2H3,(H,24,25). The summed E-state index contributed by atoms with van der Waals surface area (Å²) in [4.78, 5) is 12.1. The molecule has 28 heavy (non-hydrogen) atoms. The van der Waals surface area contributed by atoms with Crippen molar-refractivity contribution in [2.24, 2.45) is 0 Å². The summed E-state index contributed by atoms with van der Waals surface area (Å²) >= 11 is 0. The van der Waals surface area contributed by atoms with Crippen LogP contribution in [0.1, 0.15) is 26.7 Å². The smallest absolute Gasteiger partial charge is 0.243 e. The average Bonchev–Trinajstić information content (AvgIpc) is 3.20. The number of hydrogen-bond donors (Lipinski definition) is 2. The van der Waals surface area contributed by atoms with Gasteiger partial charge in [-0.15, -0.1) is 0 Å². The lowest BCUT2D eigenvalue weighted by atomic mass is 10.2. The second-order valence-corrected chi connectivity index (χ2v) is 7.06. The number of nitrogens with one attached hydrogen (secondary N) is 2. The molecule has 1 saturated heterocycles. The minimum atomic E-state index is -0.115. The number of anilines is 2. The van der Waals surface area contributed by atoms with Crippen LogP contribution in [-0.2, 0) is 9.53 Å². The van der Waals surface area contributed by atoms with Crippen LogP contribution in [0.5, 0.6) is 11.5 Å². The molecule has 1 aliphatic heterocycles. The highest BCUT2D eigenvalue weighted by Gasteiger charge is 2.15. The van der Waals surface area contributed by atoms with Gasteiger partial charge in [0.15, 0.2) is 0 Å². The zero-order chi connectivity index (χ0) is 19.8. The van der Waals surface area contributed by atoms with Crippen LogP contribution >= 0.6 is 0 Å². The predicted octanol–water partition coefficient (Wildman–Crippen LogP) is 4.08. The Balaban J connectivity index is 1.40. The first-order valence-corrected chi connectivity index (χ1v) is 9.73. The average molecular weight is 384 g/mol. The maximum atomic E-state index is 12.1. The number of hydrogen-bond acceptors (Lipinski definition) is 5. The fourth-order valence-electron chi connectivity index (χ4n) is 2.91. The molecular formula is C22H28N2O4. The molecule has 1 fully saturated rings. The Bertz CT molecular complexity index is 738. The highest BCUT2D eigenvalue weighted by molar-refractivity contribution is 5.93. The van der Waals surface area contributed by atoms with E-state index in [2.05, 4.69) is 10.6 Å². The van der Waals surface area contributed by atoms with Crippen LogP contribution in [0.2, 0.25) is 0 Å². The molecule has 0 saturated carbocycles. The fourth-order valence-corrected chi connectivity index (χ4v) is 2.91. The van der Waals surface area contributed by atoms with Crippen LogP contribution in [0, 0.1) is 0 Å². The molecule has 0 radical (unpaired) electrons. The van der Waals surface area contributed by atoms with E-state index in [-0.39, 0.29) is 24.7 Å². The number of ether oxygens (including phenoxy) is 3. The van der Waals surface area contributed by atoms with Gasteiger partial charge in [0.05, 0.1) is 18.8 Å². The Morgan fingerprint density at radius 3 is 2.39 bits per heavy atom. The van der Waals surface area contributed by atoms with Crippen molar-refractivity contribution in [1.29, 1.82) is 0 Å². The van der Waals surface area contributed by atoms with Gasteiger partial charge in [0.2, 0.25) is 5.91 Å². The first-order valence-electron chi connectivity index (χ1n) is 9.73. The highest BCUT2D eigenvalue weighted by Crippen LogP contribution is 2.19. The summed E-state index contributed by atoms with van der Waals surface area (Å²) in [6.45, 7) is 5.54. The third-order valence-electron chi connectivity index (χ3n) is 4.28. The van der Waals surface area contributed by atoms with Crippen molar-refractivity contribution < 1.29 is 19.0 Å². The Kier molecular flexibility index (Phi) is 7.14. The zero-order valence-electron chi connectivity index (χ0n) is 16.4. The van der Waals surface area contributed by atoms with E-state index in [4.69, 9.17) is 14.2 Å². The quantitative estimate of drug-likeness (QED) is 0.682. The highest BCUT2D eigenvalue weighted by atomic mass is 16.5. The van der Waals surface area contributed by atoms with Crippen molar-refractivity contribution >= 4 is 17.3 Å². The Hall–Kier alpha value is -2.73. The summed E-state index contributed by atoms with van der Waals surface area (Å²) < 4.78 is 16.9. The van der Waals surface area contributed by atoms with Crippen molar-refractivity contribution in [3.8, 4) is 11.5 Å². The molecule has 0 aliphatic carbocycles. The summed E-state index contributed by atoms with van der Waals surface area (Å²) in [6.07, 6.45) is 2.49. The van der Waals surface area contributed by atoms with Crippen molar-refractivity contribution in [3.05, 3.63) is 48.5 Å². The molecule has 1 amide bonds. The van der Waals surface area contributed by atoms with Crippen LogP contribution in [0.4, 0.5) is 11.4 Å². The van der Waals surface area contributed by atoms with E-state index < -0.39 is 0 Å². The third-order valence-corrected chi connectivity index (χ3v) is 4.28. The number of carbonyl (C=O) groups is 1. The molecule has 2 N–H and O–H groups in total. The maximum Gasteiger partial charge on any atom is 0.243 e. The molecule has 6 nitrogen and oxygen atoms in total. The summed E-state index contributed by atoms with van der Waals surface area (Å²) in [5.41, 5.74) is 1.60. The Morgan fingerprint density at radius 2 is 1.75 bits per heavy atom. The fraction of sp³-hybridized carbons (Fsp3) is 0.409. The molecular weight excluding hydrogens is 356 g/mol. The molecule has 0 aromatic heterocycles. The van der Waals surface area contributed by atoms with Gasteiger partial charge in [-0.25, -0.2) is 0 Å². The van der Waals surface area contributed by atoms with Gasteiger partial charge >= 0.3 is 0 Å². The lowest BCUT2D eigenvalue weighted by molar-refractivity contribution is -0.114. The summed E-state index contributed by atoms with van der Waals surface area (Å²) in [7, 11) is 0. The van der Waals surface area contributed by atoms with Crippen LogP contribution in [0.15, 0.2) is 48.5 Å². The number of carbonyl (C=O) groups excluding carboxylic acids is 1. The Morgan fingerprint density at radius 1 is 1.07 bits per heavy atom. The van der Waals surface area contributed by atoms with Gasteiger partial charge in [0.25, 0.3) is 0 Å². The largest absolute Gasteiger partial charge is 0.491 e. The van der Waals surface area contributed by atoms with Gasteiger partial charge in [0, 0.05) is 18.0 Å². The molecule has 1 aliphatic rings. The molecule has 0 spiro atoms. The number of rotatable bonds is 9. The second-order valence-electron chi connectivity index (χ2n) is 7.06. The van der Waals surface area contributed by atoms with Crippen LogP contribution in [0.25, 0.3) is 0 Å². The SMILES string of the molecule is CC(C)Oc1ccc(NC(=O)CNc2ccc(OCC3CCCO3)cc2)cc1. The second kappa shape index (κ2) is 9.99. The van der Waals surface area contributed by atoms with Crippen molar-refractivity contribution in [1.82, 2.24) is 0 Å². The first-order chi connectivity index (χ1) is 13.6. The Labute approximate surface area is 166 Å². The van der Waals surface area contributed by atoms with Crippen molar-refractivity contribution in [2.75, 3.05) is 30.4 Å². The molecule has 1 atom stereocenters. The van der Waals surface area contributed by atoms with E-state index in [1.807, 2.05) is 62.4 Å². The maximum absolute atomic E-state index is 12.1. The lowest BCUT2D eigenvalue weighted by Crippen LogP contribution is -2.21. The van der Waals surface area contributed by atoms with Crippen LogP contribution < -0.4 is 20.1 Å². The van der Waals surface area contributed by atoms with Gasteiger partial charge < -0.3 is 24.8 Å². The number of benzene rings is 2. The van der Waals surface area contributed by atoms with Crippen molar-refractivity contribution in [2.45, 2.75) is 38.9 Å². The third kappa shape index (κ3) is 6.46. The number of amides is 1. The monoisotopic (exact) mass is 384 g/mol. The van der Waals surface area contributed by atoms with Crippen LogP contribution in [0.3, 0.4) is 0 Å². The predicted molar refractivity (Wildman–Crippen MR) is 110 cm³/mol. The van der Waals surface area contributed by atoms with Gasteiger partial charge in [-0.3, -0.25) is 4.79 Å². The molecule has 3 rings (SSSR count). The molecule has 0 bridgehead atoms. The van der Waals surface area contributed by atoms with E-state index in [1.54, 1.807) is 0 Å². The topological polar surface area (TPSA) is 68.8 Å². The summed E-state index contributed by atoms with van der Waals surface area (Å²) in [6, 6.07) is 14.9. The van der Waals surface area contributed by atoms with E-state index in [0.717, 1.165) is 42.3 Å². The molecule has 6 heteroatoms. The van der Waals surface area contributed by atoms with Crippen LogP contribution in [-0.4, -0.2) is 37.9 Å². The van der Waals surface area contributed by atoms with E-state index in [9.17, 15) is 4.79 Å². The minimum Gasteiger partial charge on any atom is -0.491 e. The van der Waals surface area contributed by atoms with E-state index in [1.165, 1.54) is 0 Å². The zero-order valence-corrected chi connectivity index (χ0v) is 16.4. The lowest BCUT2D eigenvalue weighted by Gasteiger charge is -2.12. The van der Waals surface area contributed by atoms with Gasteiger partial charge in [-0.1, -0.05) is 0 Å². The normalized spacial score (nSPS) is 16.0. The van der Waals surface area contributed by atoms with Crippen molar-refractivity contribution in [3.63, 3.8) is 0 Å². The molecule has 2 aromatic rings. The summed E-state index contributed by atoms with van der Waals surface area (Å²) in [5, 5.41) is 5.97. The first kappa shape index (κ1) is 20.0.